The van der Waals surface area contributed by atoms with Crippen molar-refractivity contribution >= 4 is 12.0 Å². The number of carboxylic acids is 1. The number of carboxylic acid groups (broad SMARTS) is 1. The maximum atomic E-state index is 12.2. The van der Waals surface area contributed by atoms with Crippen molar-refractivity contribution in [1.29, 1.82) is 0 Å². The molecule has 0 saturated carbocycles. The number of aliphatic carboxylic acids is 1. The van der Waals surface area contributed by atoms with Gasteiger partial charge in [0.2, 0.25) is 0 Å². The Balaban J connectivity index is 4.18. The molecule has 124 valence electrons. The number of hydrogen-bond acceptors (Lipinski definition) is 2. The van der Waals surface area contributed by atoms with Crippen LogP contribution in [0.25, 0.3) is 0 Å². The molecule has 1 unspecified atom stereocenters. The number of hydrogen-bond donors (Lipinski definition) is 2. The van der Waals surface area contributed by atoms with Crippen molar-refractivity contribution in [1.82, 2.24) is 10.2 Å². The third kappa shape index (κ3) is 10.2. The van der Waals surface area contributed by atoms with E-state index in [4.69, 9.17) is 5.11 Å². The Morgan fingerprint density at radius 1 is 1.05 bits per heavy atom. The maximum Gasteiger partial charge on any atom is 0.317 e. The van der Waals surface area contributed by atoms with Crippen LogP contribution in [0.5, 0.6) is 0 Å². The fraction of sp³-hybridized carbons (Fsp3) is 0.875. The Kier molecular flexibility index (Phi) is 9.84. The number of carbonyl (C=O) groups excluding carboxylic acids is 1. The molecule has 21 heavy (non-hydrogen) atoms. The summed E-state index contributed by atoms with van der Waals surface area (Å²) in [6, 6.07) is 0.131. The molecule has 0 aliphatic rings. The van der Waals surface area contributed by atoms with Gasteiger partial charge in [-0.05, 0) is 39.5 Å². The van der Waals surface area contributed by atoms with E-state index in [0.717, 1.165) is 12.8 Å². The predicted octanol–water partition coefficient (Wildman–Crippen LogP) is 3.49. The van der Waals surface area contributed by atoms with Crippen LogP contribution >= 0.6 is 0 Å². The zero-order valence-corrected chi connectivity index (χ0v) is 14.2. The van der Waals surface area contributed by atoms with E-state index in [1.54, 1.807) is 4.90 Å². The lowest BCUT2D eigenvalue weighted by Gasteiger charge is -2.28. The van der Waals surface area contributed by atoms with Crippen molar-refractivity contribution in [2.45, 2.75) is 78.8 Å². The van der Waals surface area contributed by atoms with Crippen LogP contribution in [0.15, 0.2) is 0 Å². The lowest BCUT2D eigenvalue weighted by molar-refractivity contribution is -0.137. The topological polar surface area (TPSA) is 69.6 Å². The molecule has 0 heterocycles. The molecule has 0 aromatic heterocycles. The van der Waals surface area contributed by atoms with E-state index in [0.29, 0.717) is 18.9 Å². The van der Waals surface area contributed by atoms with Crippen LogP contribution < -0.4 is 5.32 Å². The summed E-state index contributed by atoms with van der Waals surface area (Å²) in [5, 5.41) is 11.7. The third-order valence-corrected chi connectivity index (χ3v) is 3.46. The van der Waals surface area contributed by atoms with Crippen LogP contribution in [0.1, 0.15) is 66.7 Å². The van der Waals surface area contributed by atoms with Crippen molar-refractivity contribution < 1.29 is 14.7 Å². The molecule has 0 radical (unpaired) electrons. The van der Waals surface area contributed by atoms with Crippen molar-refractivity contribution in [2.75, 3.05) is 6.54 Å². The zero-order chi connectivity index (χ0) is 16.4. The maximum absolute atomic E-state index is 12.2. The van der Waals surface area contributed by atoms with E-state index in [1.807, 2.05) is 20.8 Å². The quantitative estimate of drug-likeness (QED) is 0.649. The molecule has 0 aromatic rings. The second-order valence-electron chi connectivity index (χ2n) is 6.46. The van der Waals surface area contributed by atoms with Gasteiger partial charge in [0.1, 0.15) is 0 Å². The van der Waals surface area contributed by atoms with Gasteiger partial charge in [-0.1, -0.05) is 26.7 Å². The first kappa shape index (κ1) is 19.7. The van der Waals surface area contributed by atoms with E-state index >= 15 is 0 Å². The van der Waals surface area contributed by atoms with Crippen LogP contribution in [0.2, 0.25) is 0 Å². The molecule has 0 saturated heterocycles. The van der Waals surface area contributed by atoms with Crippen LogP contribution in [-0.2, 0) is 4.79 Å². The van der Waals surface area contributed by atoms with Crippen LogP contribution in [0, 0.1) is 5.92 Å². The molecule has 0 aliphatic heterocycles. The van der Waals surface area contributed by atoms with Gasteiger partial charge in [-0.2, -0.15) is 0 Å². The molecule has 0 aliphatic carbocycles. The molecule has 5 nitrogen and oxygen atoms in total. The normalized spacial score (nSPS) is 12.5. The van der Waals surface area contributed by atoms with Crippen LogP contribution in [-0.4, -0.2) is 40.6 Å². The monoisotopic (exact) mass is 300 g/mol. The highest BCUT2D eigenvalue weighted by Crippen LogP contribution is 2.09. The van der Waals surface area contributed by atoms with Gasteiger partial charge in [0.25, 0.3) is 0 Å². The highest BCUT2D eigenvalue weighted by molar-refractivity contribution is 5.75. The first-order chi connectivity index (χ1) is 9.73. The summed E-state index contributed by atoms with van der Waals surface area (Å²) in [6.07, 6.45) is 3.85. The molecule has 0 spiro atoms. The van der Waals surface area contributed by atoms with E-state index in [-0.39, 0.29) is 24.5 Å². The SMILES string of the molecule is CC(C)CCCC(C)NC(=O)N(CCCC(=O)O)C(C)C. The lowest BCUT2D eigenvalue weighted by atomic mass is 10.0. The highest BCUT2D eigenvalue weighted by atomic mass is 16.4. The van der Waals surface area contributed by atoms with Crippen molar-refractivity contribution in [3.8, 4) is 0 Å². The van der Waals surface area contributed by atoms with Gasteiger partial charge in [-0.25, -0.2) is 4.79 Å². The Morgan fingerprint density at radius 2 is 1.67 bits per heavy atom. The molecule has 0 bridgehead atoms. The third-order valence-electron chi connectivity index (χ3n) is 3.46. The molecular formula is C16H32N2O3. The first-order valence-corrected chi connectivity index (χ1v) is 8.03. The van der Waals surface area contributed by atoms with Gasteiger partial charge in [-0.15, -0.1) is 0 Å². The van der Waals surface area contributed by atoms with E-state index < -0.39 is 5.97 Å². The average Bonchev–Trinajstić information content (AvgIpc) is 2.32. The fourth-order valence-electron chi connectivity index (χ4n) is 2.19. The number of nitrogens with one attached hydrogen (secondary N) is 1. The molecule has 1 atom stereocenters. The summed E-state index contributed by atoms with van der Waals surface area (Å²) in [5.74, 6) is -0.128. The number of amides is 2. The van der Waals surface area contributed by atoms with Crippen LogP contribution in [0.3, 0.4) is 0 Å². The Labute approximate surface area is 129 Å². The average molecular weight is 300 g/mol. The number of urea groups is 1. The van der Waals surface area contributed by atoms with Gasteiger partial charge in [0, 0.05) is 25.0 Å². The van der Waals surface area contributed by atoms with E-state index in [9.17, 15) is 9.59 Å². The summed E-state index contributed by atoms with van der Waals surface area (Å²) in [4.78, 5) is 24.5. The number of nitrogens with zero attached hydrogens (tertiary/aromatic N) is 1. The second-order valence-corrected chi connectivity index (χ2v) is 6.46. The molecule has 2 amide bonds. The molecule has 2 N–H and O–H groups in total. The van der Waals surface area contributed by atoms with Gasteiger partial charge in [0.15, 0.2) is 0 Å². The molecule has 0 fully saturated rings. The minimum Gasteiger partial charge on any atom is -0.481 e. The summed E-state index contributed by atoms with van der Waals surface area (Å²) in [5.41, 5.74) is 0. The molecule has 0 aromatic carbocycles. The highest BCUT2D eigenvalue weighted by Gasteiger charge is 2.18. The lowest BCUT2D eigenvalue weighted by Crippen LogP contribution is -2.47. The van der Waals surface area contributed by atoms with Crippen molar-refractivity contribution in [3.05, 3.63) is 0 Å². The molecule has 5 heteroatoms. The minimum atomic E-state index is -0.818. The predicted molar refractivity (Wildman–Crippen MR) is 85.4 cm³/mol. The number of carbonyl (C=O) groups is 2. The second kappa shape index (κ2) is 10.5. The smallest absolute Gasteiger partial charge is 0.317 e. The molecule has 0 rings (SSSR count). The van der Waals surface area contributed by atoms with Crippen LogP contribution in [0.4, 0.5) is 4.79 Å². The van der Waals surface area contributed by atoms with Crippen molar-refractivity contribution in [3.63, 3.8) is 0 Å². The molecular weight excluding hydrogens is 268 g/mol. The summed E-state index contributed by atoms with van der Waals surface area (Å²) in [6.45, 7) is 10.8. The van der Waals surface area contributed by atoms with Gasteiger partial charge in [0.05, 0.1) is 0 Å². The van der Waals surface area contributed by atoms with E-state index in [2.05, 4.69) is 19.2 Å². The van der Waals surface area contributed by atoms with Gasteiger partial charge in [-0.3, -0.25) is 4.79 Å². The van der Waals surface area contributed by atoms with E-state index in [1.165, 1.54) is 6.42 Å². The summed E-state index contributed by atoms with van der Waals surface area (Å²) >= 11 is 0. The largest absolute Gasteiger partial charge is 0.481 e. The van der Waals surface area contributed by atoms with Gasteiger partial charge < -0.3 is 15.3 Å². The first-order valence-electron chi connectivity index (χ1n) is 8.03. The standard InChI is InChI=1S/C16H32N2O3/c1-12(2)8-6-9-14(5)17-16(21)18(13(3)4)11-7-10-15(19)20/h12-14H,6-11H2,1-5H3,(H,17,21)(H,19,20). The Hall–Kier alpha value is -1.26. The number of rotatable bonds is 10. The Morgan fingerprint density at radius 3 is 2.14 bits per heavy atom. The minimum absolute atomic E-state index is 0.0710. The zero-order valence-electron chi connectivity index (χ0n) is 14.2. The fourth-order valence-corrected chi connectivity index (χ4v) is 2.19. The van der Waals surface area contributed by atoms with Gasteiger partial charge >= 0.3 is 12.0 Å². The summed E-state index contributed by atoms with van der Waals surface area (Å²) in [7, 11) is 0. The van der Waals surface area contributed by atoms with Crippen molar-refractivity contribution in [2.24, 2.45) is 5.92 Å². The Bertz CT molecular complexity index is 317. The summed E-state index contributed by atoms with van der Waals surface area (Å²) < 4.78 is 0.